The smallest absolute Gasteiger partial charge is 0.486 e. The Kier molecular flexibility index (Phi) is 18.0. The van der Waals surface area contributed by atoms with Crippen molar-refractivity contribution in [3.8, 4) is 11.5 Å². The number of nitrogens with one attached hydrogen (secondary N) is 1. The van der Waals surface area contributed by atoms with E-state index in [4.69, 9.17) is 14.2 Å². The second kappa shape index (κ2) is 22.6. The maximum Gasteiger partial charge on any atom is 0.573 e. The lowest BCUT2D eigenvalue weighted by Crippen LogP contribution is -2.29. The van der Waals surface area contributed by atoms with Crippen LogP contribution in [0.25, 0.3) is 11.6 Å². The van der Waals surface area contributed by atoms with Crippen LogP contribution in [0, 0.1) is 0 Å². The van der Waals surface area contributed by atoms with Crippen LogP contribution < -0.4 is 14.8 Å². The molecule has 0 saturated carbocycles. The highest BCUT2D eigenvalue weighted by Gasteiger charge is 2.31. The van der Waals surface area contributed by atoms with Crippen LogP contribution in [0.15, 0.2) is 115 Å². The van der Waals surface area contributed by atoms with Gasteiger partial charge in [-0.3, -0.25) is 14.5 Å². The second-order valence-corrected chi connectivity index (χ2v) is 11.5. The van der Waals surface area contributed by atoms with Crippen molar-refractivity contribution in [2.45, 2.75) is 39.2 Å². The van der Waals surface area contributed by atoms with E-state index >= 15 is 0 Å². The summed E-state index contributed by atoms with van der Waals surface area (Å²) in [6.07, 6.45) is -1.46. The molecule has 0 spiro atoms. The number of rotatable bonds is 18. The Morgan fingerprint density at radius 3 is 1.92 bits per heavy atom. The molecule has 0 radical (unpaired) electrons. The summed E-state index contributed by atoms with van der Waals surface area (Å²) in [7, 11) is 1.81. The Hall–Kier alpha value is -5.13. The molecule has 0 saturated heterocycles. The topological polar surface area (TPSA) is 86.3 Å². The lowest BCUT2D eigenvalue weighted by atomic mass is 10.00. The Bertz CT molecular complexity index is 1620. The molecule has 0 amide bonds. The number of alkyl halides is 3. The lowest BCUT2D eigenvalue weighted by Gasteiger charge is -2.23. The molecule has 1 N–H and O–H groups in total. The summed E-state index contributed by atoms with van der Waals surface area (Å²) in [4.78, 5) is 24.8. The van der Waals surface area contributed by atoms with Crippen LogP contribution in [-0.4, -0.2) is 69.6 Å². The molecule has 0 aliphatic heterocycles. The van der Waals surface area contributed by atoms with Crippen LogP contribution in [0.2, 0.25) is 0 Å². The Balaban J connectivity index is 0.000000288. The average molecular weight is 721 g/mol. The highest BCUT2D eigenvalue weighted by atomic mass is 19.4. The molecule has 0 aliphatic carbocycles. The SMILES string of the molecule is CCOC(=O)CN(C)CCC(Oc1ccc(OC(F)(F)F)cc1)c1ccccc1.CCOC(=O)CNCC/C(=C/c1ccccc1)c1ccccc1. The monoisotopic (exact) mass is 720 g/mol. The highest BCUT2D eigenvalue weighted by molar-refractivity contribution is 5.81. The molecule has 11 heteroatoms. The van der Waals surface area contributed by atoms with Crippen molar-refractivity contribution in [3.05, 3.63) is 132 Å². The summed E-state index contributed by atoms with van der Waals surface area (Å²) in [6.45, 7) is 6.02. The molecule has 4 aromatic carbocycles. The summed E-state index contributed by atoms with van der Waals surface area (Å²) >= 11 is 0. The lowest BCUT2D eigenvalue weighted by molar-refractivity contribution is -0.274. The molecule has 1 unspecified atom stereocenters. The van der Waals surface area contributed by atoms with Crippen molar-refractivity contribution < 1.29 is 41.7 Å². The molecule has 4 rings (SSSR count). The van der Waals surface area contributed by atoms with Gasteiger partial charge in [-0.05, 0) is 80.4 Å². The number of halogens is 3. The van der Waals surface area contributed by atoms with Crippen LogP contribution in [0.3, 0.4) is 0 Å². The minimum atomic E-state index is -4.74. The first-order chi connectivity index (χ1) is 25.1. The minimum absolute atomic E-state index is 0.166. The minimum Gasteiger partial charge on any atom is -0.486 e. The van der Waals surface area contributed by atoms with Crippen molar-refractivity contribution >= 4 is 23.6 Å². The predicted octanol–water partition coefficient (Wildman–Crippen LogP) is 8.36. The maximum atomic E-state index is 12.3. The molecule has 0 aromatic heterocycles. The maximum absolute atomic E-state index is 12.3. The summed E-state index contributed by atoms with van der Waals surface area (Å²) in [5.74, 6) is -0.398. The van der Waals surface area contributed by atoms with Gasteiger partial charge in [-0.15, -0.1) is 13.2 Å². The molecule has 0 heterocycles. The largest absolute Gasteiger partial charge is 0.573 e. The van der Waals surface area contributed by atoms with E-state index in [1.54, 1.807) is 6.92 Å². The molecule has 0 fully saturated rings. The zero-order valence-corrected chi connectivity index (χ0v) is 29.8. The van der Waals surface area contributed by atoms with Gasteiger partial charge in [0.15, 0.2) is 0 Å². The Morgan fingerprint density at radius 2 is 1.33 bits per heavy atom. The number of ether oxygens (including phenoxy) is 4. The first-order valence-corrected chi connectivity index (χ1v) is 17.1. The first-order valence-electron chi connectivity index (χ1n) is 17.1. The van der Waals surface area contributed by atoms with Crippen molar-refractivity contribution in [1.29, 1.82) is 0 Å². The van der Waals surface area contributed by atoms with E-state index in [1.807, 2.05) is 85.6 Å². The van der Waals surface area contributed by atoms with Crippen molar-refractivity contribution in [3.63, 3.8) is 0 Å². The van der Waals surface area contributed by atoms with Crippen molar-refractivity contribution in [1.82, 2.24) is 10.2 Å². The molecular weight excluding hydrogens is 673 g/mol. The average Bonchev–Trinajstić information content (AvgIpc) is 3.13. The van der Waals surface area contributed by atoms with E-state index in [2.05, 4.69) is 40.4 Å². The summed E-state index contributed by atoms with van der Waals surface area (Å²) in [5.41, 5.74) is 4.55. The van der Waals surface area contributed by atoms with Crippen LogP contribution in [0.5, 0.6) is 11.5 Å². The number of hydrogen-bond donors (Lipinski definition) is 1. The highest BCUT2D eigenvalue weighted by Crippen LogP contribution is 2.29. The fourth-order valence-corrected chi connectivity index (χ4v) is 5.02. The fraction of sp³-hybridized carbons (Fsp3) is 0.317. The first kappa shape index (κ1) is 41.3. The number of carbonyl (C=O) groups is 2. The van der Waals surface area contributed by atoms with E-state index in [1.165, 1.54) is 41.0 Å². The van der Waals surface area contributed by atoms with Gasteiger partial charge in [0.1, 0.15) is 17.6 Å². The molecule has 4 aromatic rings. The molecule has 8 nitrogen and oxygen atoms in total. The van der Waals surface area contributed by atoms with Gasteiger partial charge in [-0.1, -0.05) is 97.1 Å². The molecule has 0 bridgehead atoms. The third-order valence-corrected chi connectivity index (χ3v) is 7.42. The molecule has 278 valence electrons. The summed E-state index contributed by atoms with van der Waals surface area (Å²) < 4.78 is 56.6. The second-order valence-electron chi connectivity index (χ2n) is 11.5. The van der Waals surface area contributed by atoms with E-state index in [9.17, 15) is 22.8 Å². The Labute approximate surface area is 304 Å². The predicted molar refractivity (Wildman–Crippen MR) is 197 cm³/mol. The number of benzene rings is 4. The standard InChI is InChI=1S/C21H24F3NO4.C20H23NO2/c1-3-27-20(26)15-25(2)14-13-19(16-7-5-4-6-8-16)28-17-9-11-18(12-10-17)29-21(22,23)24;1-2-23-20(22)16-21-14-13-19(18-11-7-4-8-12-18)15-17-9-5-3-6-10-17/h4-12,19H,3,13-15H2,1-2H3;3-12,15,21H,2,13-14,16H2,1H3/b;19-15-. The normalized spacial score (nSPS) is 11.9. The van der Waals surface area contributed by atoms with Crippen LogP contribution in [0.1, 0.15) is 49.5 Å². The van der Waals surface area contributed by atoms with E-state index in [0.29, 0.717) is 31.9 Å². The van der Waals surface area contributed by atoms with Gasteiger partial charge >= 0.3 is 18.3 Å². The van der Waals surface area contributed by atoms with Crippen LogP contribution in [0.4, 0.5) is 13.2 Å². The summed E-state index contributed by atoms with van der Waals surface area (Å²) in [5, 5.41) is 3.14. The quantitative estimate of drug-likeness (QED) is 0.0624. The number of hydrogen-bond acceptors (Lipinski definition) is 8. The summed E-state index contributed by atoms with van der Waals surface area (Å²) in [6, 6.07) is 35.3. The van der Waals surface area contributed by atoms with E-state index in [-0.39, 0.29) is 36.9 Å². The van der Waals surface area contributed by atoms with Gasteiger partial charge in [0, 0.05) is 13.0 Å². The third-order valence-electron chi connectivity index (χ3n) is 7.42. The number of nitrogens with zero attached hydrogens (tertiary/aromatic N) is 1. The third kappa shape index (κ3) is 16.7. The molecule has 0 aliphatic rings. The van der Waals surface area contributed by atoms with Crippen molar-refractivity contribution in [2.24, 2.45) is 0 Å². The van der Waals surface area contributed by atoms with Crippen LogP contribution in [-0.2, 0) is 19.1 Å². The molecule has 52 heavy (non-hydrogen) atoms. The number of esters is 2. The fourth-order valence-electron chi connectivity index (χ4n) is 5.02. The van der Waals surface area contributed by atoms with Crippen molar-refractivity contribution in [2.75, 3.05) is 46.4 Å². The Morgan fingerprint density at radius 1 is 0.769 bits per heavy atom. The number of carbonyl (C=O) groups excluding carboxylic acids is 2. The van der Waals surface area contributed by atoms with Gasteiger partial charge < -0.3 is 24.3 Å². The zero-order valence-electron chi connectivity index (χ0n) is 29.8. The van der Waals surface area contributed by atoms with Gasteiger partial charge in [0.25, 0.3) is 0 Å². The van der Waals surface area contributed by atoms with E-state index in [0.717, 1.165) is 18.5 Å². The van der Waals surface area contributed by atoms with Gasteiger partial charge in [-0.25, -0.2) is 0 Å². The van der Waals surface area contributed by atoms with Gasteiger partial charge in [-0.2, -0.15) is 0 Å². The van der Waals surface area contributed by atoms with Gasteiger partial charge in [0.05, 0.1) is 26.3 Å². The zero-order chi connectivity index (χ0) is 37.6. The molecular formula is C41H47F3N2O6. The van der Waals surface area contributed by atoms with Gasteiger partial charge in [0.2, 0.25) is 0 Å². The number of likely N-dealkylation sites (N-methyl/N-ethyl adjacent to an activating group) is 1. The van der Waals surface area contributed by atoms with E-state index < -0.39 is 6.36 Å². The molecule has 1 atom stereocenters. The van der Waals surface area contributed by atoms with Crippen LogP contribution >= 0.6 is 0 Å².